The first-order valence-corrected chi connectivity index (χ1v) is 7.23. The van der Waals surface area contributed by atoms with Gasteiger partial charge in [-0.25, -0.2) is 0 Å². The highest BCUT2D eigenvalue weighted by atomic mass is 19.4. The monoisotopic (exact) mass is 280 g/mol. The van der Waals surface area contributed by atoms with E-state index in [4.69, 9.17) is 0 Å². The lowest BCUT2D eigenvalue weighted by atomic mass is 9.74. The van der Waals surface area contributed by atoms with Crippen LogP contribution < -0.4 is 5.32 Å². The van der Waals surface area contributed by atoms with Gasteiger partial charge in [0.15, 0.2) is 0 Å². The van der Waals surface area contributed by atoms with E-state index >= 15 is 0 Å². The van der Waals surface area contributed by atoms with Crippen molar-refractivity contribution >= 4 is 0 Å². The zero-order chi connectivity index (χ0) is 14.5. The SMILES string of the molecule is CNC(CCCC(F)(F)F)C1(N(C)C)CCCCC1. The minimum atomic E-state index is -4.03. The maximum atomic E-state index is 12.3. The second-order valence-corrected chi connectivity index (χ2v) is 5.91. The van der Waals surface area contributed by atoms with Crippen molar-refractivity contribution < 1.29 is 13.2 Å². The molecule has 1 unspecified atom stereocenters. The third-order valence-corrected chi connectivity index (χ3v) is 4.56. The molecular weight excluding hydrogens is 253 g/mol. The van der Waals surface area contributed by atoms with Crippen molar-refractivity contribution in [1.29, 1.82) is 0 Å². The van der Waals surface area contributed by atoms with Crippen LogP contribution in [0.25, 0.3) is 0 Å². The number of nitrogens with zero attached hydrogens (tertiary/aromatic N) is 1. The molecule has 1 aliphatic rings. The molecule has 0 radical (unpaired) electrons. The summed E-state index contributed by atoms with van der Waals surface area (Å²) < 4.78 is 36.8. The fraction of sp³-hybridized carbons (Fsp3) is 1.00. The Labute approximate surface area is 114 Å². The summed E-state index contributed by atoms with van der Waals surface area (Å²) >= 11 is 0. The van der Waals surface area contributed by atoms with E-state index in [1.165, 1.54) is 19.3 Å². The molecular formula is C14H27F3N2. The lowest BCUT2D eigenvalue weighted by molar-refractivity contribution is -0.136. The molecule has 0 saturated heterocycles. The quantitative estimate of drug-likeness (QED) is 0.800. The van der Waals surface area contributed by atoms with Gasteiger partial charge in [0, 0.05) is 18.0 Å². The average molecular weight is 280 g/mol. The van der Waals surface area contributed by atoms with Gasteiger partial charge in [-0.3, -0.25) is 0 Å². The van der Waals surface area contributed by atoms with Gasteiger partial charge in [0.05, 0.1) is 0 Å². The topological polar surface area (TPSA) is 15.3 Å². The highest BCUT2D eigenvalue weighted by molar-refractivity contribution is 5.00. The molecule has 2 nitrogen and oxygen atoms in total. The fourth-order valence-corrected chi connectivity index (χ4v) is 3.46. The Hall–Kier alpha value is -0.290. The third kappa shape index (κ3) is 4.63. The normalized spacial score (nSPS) is 21.6. The summed E-state index contributed by atoms with van der Waals surface area (Å²) in [6.45, 7) is 0. The first-order valence-electron chi connectivity index (χ1n) is 7.23. The Balaban J connectivity index is 2.63. The molecule has 1 rings (SSSR count). The molecule has 1 atom stereocenters. The lowest BCUT2D eigenvalue weighted by Crippen LogP contribution is -2.59. The summed E-state index contributed by atoms with van der Waals surface area (Å²) in [4.78, 5) is 2.22. The maximum Gasteiger partial charge on any atom is 0.389 e. The van der Waals surface area contributed by atoms with Crippen molar-refractivity contribution in [3.05, 3.63) is 0 Å². The van der Waals surface area contributed by atoms with Gasteiger partial charge in [-0.05, 0) is 46.8 Å². The van der Waals surface area contributed by atoms with Crippen LogP contribution in [0.1, 0.15) is 51.4 Å². The van der Waals surface area contributed by atoms with E-state index in [0.717, 1.165) is 12.8 Å². The molecule has 1 saturated carbocycles. The average Bonchev–Trinajstić information content (AvgIpc) is 2.34. The van der Waals surface area contributed by atoms with Crippen LogP contribution in [0.4, 0.5) is 13.2 Å². The van der Waals surface area contributed by atoms with Crippen molar-refractivity contribution in [2.75, 3.05) is 21.1 Å². The van der Waals surface area contributed by atoms with E-state index in [0.29, 0.717) is 6.42 Å². The van der Waals surface area contributed by atoms with E-state index in [2.05, 4.69) is 24.3 Å². The smallest absolute Gasteiger partial charge is 0.315 e. The Morgan fingerprint density at radius 2 is 1.74 bits per heavy atom. The first-order chi connectivity index (χ1) is 8.82. The zero-order valence-electron chi connectivity index (χ0n) is 12.3. The van der Waals surface area contributed by atoms with E-state index in [-0.39, 0.29) is 18.0 Å². The van der Waals surface area contributed by atoms with Gasteiger partial charge in [-0.1, -0.05) is 19.3 Å². The minimum Gasteiger partial charge on any atom is -0.315 e. The molecule has 0 spiro atoms. The predicted octanol–water partition coefficient (Wildman–Crippen LogP) is 3.57. The number of likely N-dealkylation sites (N-methyl/N-ethyl adjacent to an activating group) is 2. The molecule has 0 aromatic heterocycles. The summed E-state index contributed by atoms with van der Waals surface area (Å²) in [6.07, 6.45) is 1.86. The fourth-order valence-electron chi connectivity index (χ4n) is 3.46. The first kappa shape index (κ1) is 16.8. The largest absolute Gasteiger partial charge is 0.389 e. The van der Waals surface area contributed by atoms with Gasteiger partial charge < -0.3 is 10.2 Å². The van der Waals surface area contributed by atoms with Crippen molar-refractivity contribution in [1.82, 2.24) is 10.2 Å². The summed E-state index contributed by atoms with van der Waals surface area (Å²) in [7, 11) is 5.98. The molecule has 5 heteroatoms. The number of halogens is 3. The van der Waals surface area contributed by atoms with Crippen molar-refractivity contribution in [3.63, 3.8) is 0 Å². The van der Waals surface area contributed by atoms with Gasteiger partial charge >= 0.3 is 6.18 Å². The van der Waals surface area contributed by atoms with Crippen LogP contribution in [-0.2, 0) is 0 Å². The third-order valence-electron chi connectivity index (χ3n) is 4.56. The lowest BCUT2D eigenvalue weighted by Gasteiger charge is -2.48. The minimum absolute atomic E-state index is 0.0264. The molecule has 0 heterocycles. The van der Waals surface area contributed by atoms with Gasteiger partial charge in [0.2, 0.25) is 0 Å². The number of hydrogen-bond acceptors (Lipinski definition) is 2. The molecule has 0 aliphatic heterocycles. The molecule has 1 aliphatic carbocycles. The van der Waals surface area contributed by atoms with Crippen LogP contribution >= 0.6 is 0 Å². The summed E-state index contributed by atoms with van der Waals surface area (Å²) in [6, 6.07) is 0.144. The van der Waals surface area contributed by atoms with Gasteiger partial charge in [0.1, 0.15) is 0 Å². The Kier molecular flexibility index (Phi) is 6.12. The summed E-state index contributed by atoms with van der Waals surface area (Å²) in [5.74, 6) is 0. The van der Waals surface area contributed by atoms with Crippen LogP contribution in [-0.4, -0.2) is 43.8 Å². The van der Waals surface area contributed by atoms with Crippen LogP contribution in [0, 0.1) is 0 Å². The number of nitrogens with one attached hydrogen (secondary N) is 1. The van der Waals surface area contributed by atoms with Crippen molar-refractivity contribution in [2.45, 2.75) is 69.1 Å². The number of hydrogen-bond donors (Lipinski definition) is 1. The summed E-state index contributed by atoms with van der Waals surface area (Å²) in [5, 5.41) is 3.27. The van der Waals surface area contributed by atoms with Crippen LogP contribution in [0.15, 0.2) is 0 Å². The zero-order valence-corrected chi connectivity index (χ0v) is 12.3. The molecule has 0 amide bonds. The summed E-state index contributed by atoms with van der Waals surface area (Å²) in [5.41, 5.74) is 0.0264. The molecule has 1 N–H and O–H groups in total. The Morgan fingerprint density at radius 3 is 2.16 bits per heavy atom. The van der Waals surface area contributed by atoms with Crippen LogP contribution in [0.3, 0.4) is 0 Å². The molecule has 0 bridgehead atoms. The molecule has 114 valence electrons. The molecule has 1 fully saturated rings. The van der Waals surface area contributed by atoms with E-state index in [9.17, 15) is 13.2 Å². The van der Waals surface area contributed by atoms with E-state index in [1.807, 2.05) is 7.05 Å². The van der Waals surface area contributed by atoms with E-state index in [1.54, 1.807) is 0 Å². The van der Waals surface area contributed by atoms with Gasteiger partial charge in [-0.15, -0.1) is 0 Å². The van der Waals surface area contributed by atoms with Crippen molar-refractivity contribution in [3.8, 4) is 0 Å². The Bertz CT molecular complexity index is 258. The van der Waals surface area contributed by atoms with Crippen LogP contribution in [0.2, 0.25) is 0 Å². The van der Waals surface area contributed by atoms with Gasteiger partial charge in [0.25, 0.3) is 0 Å². The Morgan fingerprint density at radius 1 is 1.16 bits per heavy atom. The molecule has 19 heavy (non-hydrogen) atoms. The molecule has 0 aromatic rings. The van der Waals surface area contributed by atoms with Crippen LogP contribution in [0.5, 0.6) is 0 Å². The highest BCUT2D eigenvalue weighted by Gasteiger charge is 2.41. The highest BCUT2D eigenvalue weighted by Crippen LogP contribution is 2.37. The van der Waals surface area contributed by atoms with Gasteiger partial charge in [-0.2, -0.15) is 13.2 Å². The number of rotatable bonds is 6. The standard InChI is InChI=1S/C14H27F3N2/c1-18-12(8-7-11-14(15,16)17)13(19(2)3)9-5-4-6-10-13/h12,18H,4-11H2,1-3H3. The molecule has 0 aromatic carbocycles. The maximum absolute atomic E-state index is 12.3. The predicted molar refractivity (Wildman–Crippen MR) is 72.3 cm³/mol. The van der Waals surface area contributed by atoms with Crippen molar-refractivity contribution in [2.24, 2.45) is 0 Å². The second-order valence-electron chi connectivity index (χ2n) is 5.91. The number of alkyl halides is 3. The van der Waals surface area contributed by atoms with E-state index < -0.39 is 12.6 Å². The second kappa shape index (κ2) is 6.93.